The summed E-state index contributed by atoms with van der Waals surface area (Å²) in [7, 11) is 1.38. The molecule has 0 saturated heterocycles. The van der Waals surface area contributed by atoms with E-state index in [0.717, 1.165) is 12.0 Å². The fraction of sp³-hybridized carbons (Fsp3) is 0.577. The Labute approximate surface area is 209 Å². The number of esters is 2. The highest BCUT2D eigenvalue weighted by Crippen LogP contribution is 2.44. The number of carbonyl (C=O) groups is 3. The van der Waals surface area contributed by atoms with E-state index >= 15 is 0 Å². The van der Waals surface area contributed by atoms with Crippen molar-refractivity contribution in [1.82, 2.24) is 0 Å². The number of allylic oxidation sites excluding steroid dienone is 2. The third kappa shape index (κ3) is 6.79. The lowest BCUT2D eigenvalue weighted by molar-refractivity contribution is -0.170. The highest BCUT2D eigenvalue weighted by molar-refractivity contribution is 6.08. The van der Waals surface area contributed by atoms with Crippen LogP contribution in [0.5, 0.6) is 5.75 Å². The summed E-state index contributed by atoms with van der Waals surface area (Å²) in [6, 6.07) is 0. The Kier molecular flexibility index (Phi) is 9.95. The van der Waals surface area contributed by atoms with Crippen molar-refractivity contribution in [2.45, 2.75) is 73.1 Å². The second kappa shape index (κ2) is 12.3. The average Bonchev–Trinajstić information content (AvgIpc) is 3.18. The van der Waals surface area contributed by atoms with E-state index in [2.05, 4.69) is 0 Å². The first-order valence-electron chi connectivity index (χ1n) is 11.9. The van der Waals surface area contributed by atoms with Gasteiger partial charge in [-0.1, -0.05) is 25.5 Å². The molecule has 0 saturated carbocycles. The van der Waals surface area contributed by atoms with Gasteiger partial charge in [-0.3, -0.25) is 9.59 Å². The fourth-order valence-corrected chi connectivity index (χ4v) is 4.04. The maximum atomic E-state index is 13.4. The van der Waals surface area contributed by atoms with Gasteiger partial charge < -0.3 is 19.1 Å². The van der Waals surface area contributed by atoms with Crippen LogP contribution in [0.1, 0.15) is 74.0 Å². The Balaban J connectivity index is 2.43. The number of hydrogen-bond acceptors (Lipinski definition) is 6. The summed E-state index contributed by atoms with van der Waals surface area (Å²) >= 11 is 0. The third-order valence-electron chi connectivity index (χ3n) is 6.06. The van der Waals surface area contributed by atoms with E-state index in [1.54, 1.807) is 19.9 Å². The van der Waals surface area contributed by atoms with Crippen LogP contribution >= 0.6 is 0 Å². The number of halogens is 3. The second-order valence-electron chi connectivity index (χ2n) is 9.12. The molecule has 0 bridgehead atoms. The van der Waals surface area contributed by atoms with Crippen LogP contribution < -0.4 is 9.64 Å². The van der Waals surface area contributed by atoms with Crippen molar-refractivity contribution in [2.75, 3.05) is 25.2 Å². The van der Waals surface area contributed by atoms with Gasteiger partial charge in [0, 0.05) is 24.1 Å². The van der Waals surface area contributed by atoms with Crippen molar-refractivity contribution in [3.05, 3.63) is 33.9 Å². The molecule has 0 aromatic heterocycles. The summed E-state index contributed by atoms with van der Waals surface area (Å²) in [5.41, 5.74) is 1.82. The number of rotatable bonds is 11. The summed E-state index contributed by atoms with van der Waals surface area (Å²) in [6.45, 7) is 8.87. The molecule has 0 spiro atoms. The molecule has 2 rings (SSSR count). The number of ether oxygens (including phenoxy) is 3. The Morgan fingerprint density at radius 1 is 1.22 bits per heavy atom. The first kappa shape index (κ1) is 29.2. The number of methoxy groups -OCH3 is 1. The predicted molar refractivity (Wildman–Crippen MR) is 128 cm³/mol. The van der Waals surface area contributed by atoms with E-state index in [1.807, 2.05) is 13.8 Å². The van der Waals surface area contributed by atoms with Gasteiger partial charge in [0.05, 0.1) is 25.0 Å². The number of cyclic esters (lactones) is 1. The monoisotopic (exact) mass is 513 g/mol. The predicted octanol–water partition coefficient (Wildman–Crippen LogP) is 5.45. The molecule has 200 valence electrons. The average molecular weight is 514 g/mol. The van der Waals surface area contributed by atoms with Gasteiger partial charge >= 0.3 is 24.0 Å². The van der Waals surface area contributed by atoms with E-state index in [0.29, 0.717) is 35.0 Å². The maximum absolute atomic E-state index is 13.4. The molecule has 1 amide bonds. The molecular formula is C26H34F3NO6. The Bertz CT molecular complexity index is 1030. The Hall–Kier alpha value is -3.04. The number of hydrogen-bond donors (Lipinski definition) is 0. The Morgan fingerprint density at radius 3 is 2.44 bits per heavy atom. The Morgan fingerprint density at radius 2 is 1.89 bits per heavy atom. The number of alkyl halides is 3. The van der Waals surface area contributed by atoms with Crippen LogP contribution in [0.4, 0.5) is 18.9 Å². The van der Waals surface area contributed by atoms with Crippen molar-refractivity contribution < 1.29 is 41.8 Å². The van der Waals surface area contributed by atoms with E-state index in [9.17, 15) is 27.6 Å². The molecule has 1 aliphatic rings. The minimum atomic E-state index is -5.14. The highest BCUT2D eigenvalue weighted by atomic mass is 19.4. The summed E-state index contributed by atoms with van der Waals surface area (Å²) in [6.07, 6.45) is -1.98. The van der Waals surface area contributed by atoms with Crippen LogP contribution in [-0.2, 0) is 32.1 Å². The van der Waals surface area contributed by atoms with Crippen LogP contribution in [0.25, 0.3) is 0 Å². The lowest BCUT2D eigenvalue weighted by atomic mass is 9.92. The highest BCUT2D eigenvalue weighted by Gasteiger charge is 2.45. The van der Waals surface area contributed by atoms with E-state index in [-0.39, 0.29) is 54.5 Å². The number of benzene rings is 1. The molecule has 0 N–H and O–H groups in total. The van der Waals surface area contributed by atoms with E-state index in [4.69, 9.17) is 14.2 Å². The maximum Gasteiger partial charge on any atom is 0.471 e. The zero-order valence-electron chi connectivity index (χ0n) is 21.6. The van der Waals surface area contributed by atoms with Gasteiger partial charge in [-0.25, -0.2) is 4.79 Å². The number of fused-ring (bicyclic) bond motifs is 1. The smallest absolute Gasteiger partial charge is 0.471 e. The molecule has 0 atom stereocenters. The van der Waals surface area contributed by atoms with Crippen molar-refractivity contribution in [1.29, 1.82) is 0 Å². The molecule has 1 aromatic rings. The zero-order chi connectivity index (χ0) is 27.2. The second-order valence-corrected chi connectivity index (χ2v) is 9.12. The van der Waals surface area contributed by atoms with E-state index < -0.39 is 18.1 Å². The minimum Gasteiger partial charge on any atom is -0.496 e. The molecule has 0 unspecified atom stereocenters. The topological polar surface area (TPSA) is 82.1 Å². The number of anilines is 1. The summed E-state index contributed by atoms with van der Waals surface area (Å²) < 4.78 is 56.2. The van der Waals surface area contributed by atoms with Crippen molar-refractivity contribution in [2.24, 2.45) is 5.92 Å². The van der Waals surface area contributed by atoms with Crippen molar-refractivity contribution in [3.8, 4) is 5.75 Å². The quantitative estimate of drug-likeness (QED) is 0.289. The lowest BCUT2D eigenvalue weighted by Crippen LogP contribution is -2.42. The van der Waals surface area contributed by atoms with Crippen molar-refractivity contribution in [3.63, 3.8) is 0 Å². The molecule has 0 aliphatic carbocycles. The van der Waals surface area contributed by atoms with Gasteiger partial charge in [0.15, 0.2) is 0 Å². The largest absolute Gasteiger partial charge is 0.496 e. The third-order valence-corrected chi connectivity index (χ3v) is 6.06. The van der Waals surface area contributed by atoms with E-state index in [1.165, 1.54) is 14.0 Å². The van der Waals surface area contributed by atoms with Crippen LogP contribution in [0, 0.1) is 12.8 Å². The van der Waals surface area contributed by atoms with Gasteiger partial charge in [-0.05, 0) is 51.5 Å². The first-order chi connectivity index (χ1) is 16.8. The first-order valence-corrected chi connectivity index (χ1v) is 11.9. The lowest BCUT2D eigenvalue weighted by Gasteiger charge is -2.28. The summed E-state index contributed by atoms with van der Waals surface area (Å²) in [4.78, 5) is 37.4. The fourth-order valence-electron chi connectivity index (χ4n) is 4.04. The minimum absolute atomic E-state index is 0.0532. The SMILES string of the molecule is CCN(C(=O)C(F)(F)F)c1c(CC=C(C)CCC(=O)OCCC(C)C)c(OC)c(C)c2c1C(=O)OC2. The molecule has 0 radical (unpaired) electrons. The van der Waals surface area contributed by atoms with Crippen LogP contribution in [0.15, 0.2) is 11.6 Å². The molecule has 1 aliphatic heterocycles. The number of nitrogens with zero attached hydrogens (tertiary/aromatic N) is 1. The van der Waals surface area contributed by atoms with Crippen LogP contribution in [0.2, 0.25) is 0 Å². The summed E-state index contributed by atoms with van der Waals surface area (Å²) in [5.74, 6) is -2.49. The summed E-state index contributed by atoms with van der Waals surface area (Å²) in [5, 5.41) is 0. The molecule has 0 fully saturated rings. The van der Waals surface area contributed by atoms with Crippen molar-refractivity contribution >= 4 is 23.5 Å². The normalized spacial score (nSPS) is 13.5. The van der Waals surface area contributed by atoms with Crippen LogP contribution in [0.3, 0.4) is 0 Å². The molecule has 7 nitrogen and oxygen atoms in total. The van der Waals surface area contributed by atoms with Gasteiger partial charge in [-0.15, -0.1) is 0 Å². The standard InChI is InChI=1S/C26H34F3NO6/c1-7-30(25(33)26(27,28)29)22-18(23(34-6)17(5)19-14-36-24(32)21(19)22)10-8-16(4)9-11-20(31)35-13-12-15(2)3/h8,15H,7,9-14H2,1-6H3. The zero-order valence-corrected chi connectivity index (χ0v) is 21.6. The molecule has 1 aromatic carbocycles. The van der Waals surface area contributed by atoms with Crippen LogP contribution in [-0.4, -0.2) is 44.3 Å². The number of carbonyl (C=O) groups excluding carboxylic acids is 3. The molecular weight excluding hydrogens is 479 g/mol. The number of amides is 1. The molecule has 10 heteroatoms. The van der Waals surface area contributed by atoms with Gasteiger partial charge in [0.2, 0.25) is 0 Å². The van der Waals surface area contributed by atoms with Gasteiger partial charge in [-0.2, -0.15) is 13.2 Å². The molecule has 1 heterocycles. The molecule has 36 heavy (non-hydrogen) atoms. The van der Waals surface area contributed by atoms with Gasteiger partial charge in [0.1, 0.15) is 12.4 Å². The van der Waals surface area contributed by atoms with Gasteiger partial charge in [0.25, 0.3) is 0 Å².